The van der Waals surface area contributed by atoms with Crippen molar-refractivity contribution in [3.8, 4) is 50.6 Å². The van der Waals surface area contributed by atoms with Crippen molar-refractivity contribution in [3.05, 3.63) is 133 Å². The molecule has 0 N–H and O–H groups in total. The van der Waals surface area contributed by atoms with Crippen molar-refractivity contribution in [2.24, 2.45) is 0 Å². The summed E-state index contributed by atoms with van der Waals surface area (Å²) in [6.45, 7) is 0. The maximum atomic E-state index is 10.2. The van der Waals surface area contributed by atoms with Gasteiger partial charge in [-0.25, -0.2) is 0 Å². The van der Waals surface area contributed by atoms with Gasteiger partial charge >= 0.3 is 0 Å². The second kappa shape index (κ2) is 7.90. The van der Waals surface area contributed by atoms with Gasteiger partial charge in [0.15, 0.2) is 0 Å². The van der Waals surface area contributed by atoms with Crippen molar-refractivity contribution in [1.82, 2.24) is 0 Å². The zero-order chi connectivity index (χ0) is 25.2. The summed E-state index contributed by atoms with van der Waals surface area (Å²) in [5.41, 5.74) is 10.6. The number of nitriles is 1. The molecule has 7 aromatic carbocycles. The van der Waals surface area contributed by atoms with E-state index in [1.807, 2.05) is 6.07 Å². The van der Waals surface area contributed by atoms with E-state index in [0.29, 0.717) is 0 Å². The third-order valence-electron chi connectivity index (χ3n) is 8.00. The largest absolute Gasteiger partial charge is 0.192 e. The van der Waals surface area contributed by atoms with Crippen LogP contribution in [0.4, 0.5) is 0 Å². The number of rotatable bonds is 2. The van der Waals surface area contributed by atoms with Crippen LogP contribution in [-0.4, -0.2) is 0 Å². The van der Waals surface area contributed by atoms with Gasteiger partial charge in [-0.05, 0) is 83.6 Å². The first-order valence-corrected chi connectivity index (χ1v) is 12.9. The van der Waals surface area contributed by atoms with Gasteiger partial charge in [-0.15, -0.1) is 0 Å². The normalized spacial score (nSPS) is 11.7. The van der Waals surface area contributed by atoms with E-state index in [4.69, 9.17) is 0 Å². The lowest BCUT2D eigenvalue weighted by Crippen LogP contribution is -1.93. The van der Waals surface area contributed by atoms with Crippen molar-refractivity contribution in [1.29, 1.82) is 5.26 Å². The molecular weight excluding hydrogens is 458 g/mol. The smallest absolute Gasteiger partial charge is 0.0998 e. The topological polar surface area (TPSA) is 23.8 Å². The van der Waals surface area contributed by atoms with E-state index < -0.39 is 0 Å². The molecule has 174 valence electrons. The van der Waals surface area contributed by atoms with Crippen LogP contribution in [0.5, 0.6) is 0 Å². The molecular formula is C37H21N. The third-order valence-corrected chi connectivity index (χ3v) is 8.00. The minimum atomic E-state index is 0.724. The first kappa shape index (κ1) is 20.9. The van der Waals surface area contributed by atoms with Crippen LogP contribution in [0.3, 0.4) is 0 Å². The molecule has 0 saturated carbocycles. The van der Waals surface area contributed by atoms with Gasteiger partial charge in [0, 0.05) is 5.39 Å². The first-order chi connectivity index (χ1) is 18.8. The minimum absolute atomic E-state index is 0.724. The lowest BCUT2D eigenvalue weighted by atomic mass is 9.82. The highest BCUT2D eigenvalue weighted by atomic mass is 14.3. The molecule has 0 bridgehead atoms. The maximum Gasteiger partial charge on any atom is 0.0998 e. The Hall–Kier alpha value is -5.19. The van der Waals surface area contributed by atoms with Gasteiger partial charge in [-0.1, -0.05) is 115 Å². The highest BCUT2D eigenvalue weighted by Gasteiger charge is 2.31. The Morgan fingerprint density at radius 1 is 0.421 bits per heavy atom. The summed E-state index contributed by atoms with van der Waals surface area (Å²) >= 11 is 0. The molecule has 0 atom stereocenters. The van der Waals surface area contributed by atoms with Crippen LogP contribution < -0.4 is 0 Å². The number of fused-ring (bicyclic) bond motifs is 6. The third kappa shape index (κ3) is 2.75. The highest BCUT2D eigenvalue weighted by Crippen LogP contribution is 2.58. The summed E-state index contributed by atoms with van der Waals surface area (Å²) in [6, 6.07) is 47.7. The molecule has 1 heteroatoms. The fraction of sp³-hybridized carbons (Fsp3) is 0. The van der Waals surface area contributed by atoms with Crippen molar-refractivity contribution >= 4 is 32.3 Å². The van der Waals surface area contributed by atoms with E-state index in [9.17, 15) is 5.26 Å². The van der Waals surface area contributed by atoms with Crippen molar-refractivity contribution < 1.29 is 0 Å². The van der Waals surface area contributed by atoms with Crippen molar-refractivity contribution in [2.45, 2.75) is 0 Å². The van der Waals surface area contributed by atoms with E-state index >= 15 is 0 Å². The molecule has 38 heavy (non-hydrogen) atoms. The second-order valence-corrected chi connectivity index (χ2v) is 9.95. The van der Waals surface area contributed by atoms with E-state index in [1.165, 1.54) is 60.7 Å². The lowest BCUT2D eigenvalue weighted by Gasteiger charge is -2.20. The summed E-state index contributed by atoms with van der Waals surface area (Å²) in [5.74, 6) is 0. The molecule has 1 aliphatic carbocycles. The van der Waals surface area contributed by atoms with Gasteiger partial charge in [0.05, 0.1) is 11.6 Å². The van der Waals surface area contributed by atoms with Crippen LogP contribution >= 0.6 is 0 Å². The summed E-state index contributed by atoms with van der Waals surface area (Å²) in [5, 5.41) is 17.2. The van der Waals surface area contributed by atoms with Crippen LogP contribution in [0.15, 0.2) is 127 Å². The van der Waals surface area contributed by atoms with Crippen LogP contribution in [0.1, 0.15) is 5.56 Å². The molecule has 0 aliphatic heterocycles. The number of hydrogen-bond donors (Lipinski definition) is 0. The van der Waals surface area contributed by atoms with Crippen molar-refractivity contribution in [3.63, 3.8) is 0 Å². The molecule has 0 radical (unpaired) electrons. The molecule has 0 spiro atoms. The standard InChI is InChI=1S/C37H21N/c38-22-26-19-20-30-35-31(21-25-15-7-8-16-27(25)34(26)35)37-33(24-13-5-2-6-14-24)29-18-10-9-17-28(29)32(36(30)37)23-11-3-1-4-12-23/h1-21H. The number of nitrogens with zero attached hydrogens (tertiary/aromatic N) is 1. The number of hydrogen-bond acceptors (Lipinski definition) is 1. The zero-order valence-corrected chi connectivity index (χ0v) is 20.6. The SMILES string of the molecule is N#Cc1ccc2c3c(cc4ccccc4c13)-c1c-2c(-c2ccccc2)c2ccccc2c1-c1ccccc1. The fourth-order valence-electron chi connectivity index (χ4n) is 6.53. The van der Waals surface area contributed by atoms with Crippen LogP contribution in [-0.2, 0) is 0 Å². The average molecular weight is 480 g/mol. The maximum absolute atomic E-state index is 10.2. The summed E-state index contributed by atoms with van der Waals surface area (Å²) in [4.78, 5) is 0. The Kier molecular flexibility index (Phi) is 4.36. The van der Waals surface area contributed by atoms with Gasteiger partial charge in [0.25, 0.3) is 0 Å². The molecule has 0 unspecified atom stereocenters. The molecule has 0 aromatic heterocycles. The fourth-order valence-corrected chi connectivity index (χ4v) is 6.53. The van der Waals surface area contributed by atoms with Gasteiger partial charge in [0.1, 0.15) is 0 Å². The monoisotopic (exact) mass is 479 g/mol. The summed E-state index contributed by atoms with van der Waals surface area (Å²) in [6.07, 6.45) is 0. The van der Waals surface area contributed by atoms with Crippen LogP contribution in [0.25, 0.3) is 76.8 Å². The van der Waals surface area contributed by atoms with Crippen LogP contribution in [0, 0.1) is 11.3 Å². The molecule has 0 amide bonds. The second-order valence-electron chi connectivity index (χ2n) is 9.95. The molecule has 8 rings (SSSR count). The van der Waals surface area contributed by atoms with E-state index in [-0.39, 0.29) is 0 Å². The summed E-state index contributed by atoms with van der Waals surface area (Å²) < 4.78 is 0. The Morgan fingerprint density at radius 2 is 0.947 bits per heavy atom. The highest BCUT2D eigenvalue weighted by molar-refractivity contribution is 6.31. The molecule has 1 nitrogen and oxygen atoms in total. The van der Waals surface area contributed by atoms with Gasteiger partial charge < -0.3 is 0 Å². The molecule has 7 aromatic rings. The lowest BCUT2D eigenvalue weighted by molar-refractivity contribution is 1.51. The van der Waals surface area contributed by atoms with Gasteiger partial charge in [0.2, 0.25) is 0 Å². The van der Waals surface area contributed by atoms with Crippen LogP contribution in [0.2, 0.25) is 0 Å². The van der Waals surface area contributed by atoms with E-state index in [0.717, 1.165) is 21.7 Å². The molecule has 0 heterocycles. The predicted octanol–water partition coefficient (Wildman–Crippen LogP) is 10.00. The number of benzene rings is 7. The van der Waals surface area contributed by atoms with Crippen molar-refractivity contribution in [2.75, 3.05) is 0 Å². The quantitative estimate of drug-likeness (QED) is 0.226. The first-order valence-electron chi connectivity index (χ1n) is 12.9. The Morgan fingerprint density at radius 3 is 1.55 bits per heavy atom. The molecule has 0 saturated heterocycles. The molecule has 1 aliphatic rings. The van der Waals surface area contributed by atoms with E-state index in [2.05, 4.69) is 127 Å². The zero-order valence-electron chi connectivity index (χ0n) is 20.6. The van der Waals surface area contributed by atoms with Gasteiger partial charge in [-0.3, -0.25) is 0 Å². The predicted molar refractivity (Wildman–Crippen MR) is 159 cm³/mol. The Balaban J connectivity index is 1.69. The van der Waals surface area contributed by atoms with E-state index in [1.54, 1.807) is 0 Å². The minimum Gasteiger partial charge on any atom is -0.192 e. The van der Waals surface area contributed by atoms with Gasteiger partial charge in [-0.2, -0.15) is 5.26 Å². The average Bonchev–Trinajstić information content (AvgIpc) is 3.31. The summed E-state index contributed by atoms with van der Waals surface area (Å²) in [7, 11) is 0. The Bertz CT molecular complexity index is 2110. The Labute approximate surface area is 220 Å². The molecule has 0 fully saturated rings.